The maximum Gasteiger partial charge on any atom is 0.225 e. The maximum absolute atomic E-state index is 13.0. The van der Waals surface area contributed by atoms with Crippen LogP contribution in [0.4, 0.5) is 5.82 Å². The third-order valence-corrected chi connectivity index (χ3v) is 8.35. The molecule has 2 amide bonds. The molecule has 2 fully saturated rings. The third-order valence-electron chi connectivity index (χ3n) is 8.35. The summed E-state index contributed by atoms with van der Waals surface area (Å²) in [5, 5.41) is 11.9. The molecular weight excluding hydrogens is 486 g/mol. The smallest absolute Gasteiger partial charge is 0.225 e. The van der Waals surface area contributed by atoms with E-state index in [4.69, 9.17) is 5.73 Å². The first-order valence-corrected chi connectivity index (χ1v) is 14.1. The zero-order valence-corrected chi connectivity index (χ0v) is 23.2. The number of hydrogen-bond donors (Lipinski definition) is 2. The number of carbonyl (C=O) groups is 2. The molecule has 1 aromatic heterocycles. The summed E-state index contributed by atoms with van der Waals surface area (Å²) in [6, 6.07) is 20.5. The van der Waals surface area contributed by atoms with Crippen molar-refractivity contribution in [2.75, 3.05) is 12.4 Å². The number of nitrogens with one attached hydrogen (secondary N) is 1. The molecule has 0 saturated heterocycles. The lowest BCUT2D eigenvalue weighted by molar-refractivity contribution is -0.136. The number of nitrogens with two attached hydrogens (primary N) is 1. The summed E-state index contributed by atoms with van der Waals surface area (Å²) in [5.41, 5.74) is 11.0. The monoisotopic (exact) mass is 525 g/mol. The van der Waals surface area contributed by atoms with Crippen LogP contribution in [0.15, 0.2) is 60.7 Å². The Balaban J connectivity index is 1.27. The Bertz CT molecular complexity index is 1310. The normalized spacial score (nSPS) is 19.9. The molecular formula is C32H39N5O2. The molecule has 3 aromatic rings. The van der Waals surface area contributed by atoms with Crippen LogP contribution in [0, 0.1) is 11.8 Å². The molecule has 2 aromatic carbocycles. The van der Waals surface area contributed by atoms with E-state index in [1.807, 2.05) is 62.2 Å². The molecule has 2 saturated carbocycles. The van der Waals surface area contributed by atoms with E-state index in [0.717, 1.165) is 66.5 Å². The Kier molecular flexibility index (Phi) is 7.80. The van der Waals surface area contributed by atoms with E-state index in [2.05, 4.69) is 39.8 Å². The average Bonchev–Trinajstić information content (AvgIpc) is 3.71. The minimum atomic E-state index is -0.179. The Morgan fingerprint density at radius 3 is 2.26 bits per heavy atom. The minimum Gasteiger partial charge on any atom is -0.343 e. The molecule has 0 radical (unpaired) electrons. The SMILES string of the molecule is CC(C)C(=O)N(C)[C@H]1CC[C@H](CC(=O)Nc2cc(-c3ccccc3)c(-c3ccc(C4(N)CC4)cc3)nn2)CC1. The van der Waals surface area contributed by atoms with Crippen molar-refractivity contribution in [2.24, 2.45) is 17.6 Å². The fourth-order valence-electron chi connectivity index (χ4n) is 5.67. The second kappa shape index (κ2) is 11.3. The third kappa shape index (κ3) is 6.19. The number of anilines is 1. The van der Waals surface area contributed by atoms with Gasteiger partial charge in [0, 0.05) is 42.1 Å². The summed E-state index contributed by atoms with van der Waals surface area (Å²) in [4.78, 5) is 27.2. The molecule has 39 heavy (non-hydrogen) atoms. The Labute approximate surface area is 231 Å². The van der Waals surface area contributed by atoms with Crippen molar-refractivity contribution < 1.29 is 9.59 Å². The number of nitrogens with zero attached hydrogens (tertiary/aromatic N) is 3. The molecule has 0 atom stereocenters. The van der Waals surface area contributed by atoms with Crippen molar-refractivity contribution in [1.29, 1.82) is 0 Å². The highest BCUT2D eigenvalue weighted by Crippen LogP contribution is 2.43. The van der Waals surface area contributed by atoms with Crippen molar-refractivity contribution in [3.63, 3.8) is 0 Å². The van der Waals surface area contributed by atoms with Crippen molar-refractivity contribution in [3.8, 4) is 22.4 Å². The average molecular weight is 526 g/mol. The van der Waals surface area contributed by atoms with Crippen molar-refractivity contribution in [3.05, 3.63) is 66.2 Å². The van der Waals surface area contributed by atoms with Gasteiger partial charge in [0.25, 0.3) is 0 Å². The zero-order chi connectivity index (χ0) is 27.6. The van der Waals surface area contributed by atoms with Crippen molar-refractivity contribution in [2.45, 2.75) is 70.4 Å². The quantitative estimate of drug-likeness (QED) is 0.389. The van der Waals surface area contributed by atoms with E-state index in [1.54, 1.807) is 0 Å². The van der Waals surface area contributed by atoms with E-state index in [-0.39, 0.29) is 29.3 Å². The molecule has 1 heterocycles. The Morgan fingerprint density at radius 1 is 0.974 bits per heavy atom. The van der Waals surface area contributed by atoms with Crippen LogP contribution in [0.1, 0.15) is 64.4 Å². The second-order valence-electron chi connectivity index (χ2n) is 11.6. The summed E-state index contributed by atoms with van der Waals surface area (Å²) in [7, 11) is 1.91. The molecule has 0 aliphatic heterocycles. The van der Waals surface area contributed by atoms with Gasteiger partial charge >= 0.3 is 0 Å². The molecule has 3 N–H and O–H groups in total. The molecule has 7 nitrogen and oxygen atoms in total. The van der Waals surface area contributed by atoms with Gasteiger partial charge in [0.05, 0.1) is 0 Å². The predicted octanol–water partition coefficient (Wildman–Crippen LogP) is 5.76. The van der Waals surface area contributed by atoms with Crippen LogP contribution in [-0.4, -0.2) is 40.0 Å². The molecule has 2 aliphatic rings. The lowest BCUT2D eigenvalue weighted by atomic mass is 9.83. The number of amides is 2. The lowest BCUT2D eigenvalue weighted by Gasteiger charge is -2.35. The van der Waals surface area contributed by atoms with Crippen LogP contribution in [0.3, 0.4) is 0 Å². The molecule has 0 bridgehead atoms. The summed E-state index contributed by atoms with van der Waals surface area (Å²) < 4.78 is 0. The van der Waals surface area contributed by atoms with Crippen molar-refractivity contribution >= 4 is 17.6 Å². The fourth-order valence-corrected chi connectivity index (χ4v) is 5.67. The first kappa shape index (κ1) is 27.0. The topological polar surface area (TPSA) is 101 Å². The fraction of sp³-hybridized carbons (Fsp3) is 0.438. The molecule has 5 rings (SSSR count). The highest BCUT2D eigenvalue weighted by atomic mass is 16.2. The van der Waals surface area contributed by atoms with Gasteiger partial charge < -0.3 is 16.0 Å². The number of rotatable bonds is 8. The van der Waals surface area contributed by atoms with E-state index in [1.165, 1.54) is 0 Å². The minimum absolute atomic E-state index is 0.00641. The molecule has 0 spiro atoms. The van der Waals surface area contributed by atoms with Crippen LogP contribution in [-0.2, 0) is 15.1 Å². The summed E-state index contributed by atoms with van der Waals surface area (Å²) in [5.74, 6) is 0.907. The Morgan fingerprint density at radius 2 is 1.64 bits per heavy atom. The van der Waals surface area contributed by atoms with Crippen LogP contribution >= 0.6 is 0 Å². The van der Waals surface area contributed by atoms with E-state index in [0.29, 0.717) is 18.2 Å². The highest BCUT2D eigenvalue weighted by molar-refractivity contribution is 5.91. The maximum atomic E-state index is 13.0. The van der Waals surface area contributed by atoms with Crippen LogP contribution in [0.2, 0.25) is 0 Å². The first-order valence-electron chi connectivity index (χ1n) is 14.1. The van der Waals surface area contributed by atoms with Crippen LogP contribution in [0.25, 0.3) is 22.4 Å². The highest BCUT2D eigenvalue weighted by Gasteiger charge is 2.39. The molecule has 2 aliphatic carbocycles. The first-order chi connectivity index (χ1) is 18.7. The number of carbonyl (C=O) groups excluding carboxylic acids is 2. The van der Waals surface area contributed by atoms with Crippen molar-refractivity contribution in [1.82, 2.24) is 15.1 Å². The van der Waals surface area contributed by atoms with Gasteiger partial charge in [0.1, 0.15) is 5.69 Å². The molecule has 7 heteroatoms. The van der Waals surface area contributed by atoms with Gasteiger partial charge in [-0.15, -0.1) is 10.2 Å². The van der Waals surface area contributed by atoms with Gasteiger partial charge in [-0.05, 0) is 61.6 Å². The van der Waals surface area contributed by atoms with Crippen LogP contribution < -0.4 is 11.1 Å². The van der Waals surface area contributed by atoms with Gasteiger partial charge in [-0.2, -0.15) is 0 Å². The van der Waals surface area contributed by atoms with Gasteiger partial charge in [0.15, 0.2) is 5.82 Å². The number of benzene rings is 2. The number of aromatic nitrogens is 2. The lowest BCUT2D eigenvalue weighted by Crippen LogP contribution is -2.41. The summed E-state index contributed by atoms with van der Waals surface area (Å²) >= 11 is 0. The number of hydrogen-bond acceptors (Lipinski definition) is 5. The van der Waals surface area contributed by atoms with Gasteiger partial charge in [-0.25, -0.2) is 0 Å². The Hall–Kier alpha value is -3.58. The summed E-state index contributed by atoms with van der Waals surface area (Å²) in [6.45, 7) is 3.88. The van der Waals surface area contributed by atoms with E-state index in [9.17, 15) is 9.59 Å². The van der Waals surface area contributed by atoms with Gasteiger partial charge in [-0.1, -0.05) is 68.4 Å². The second-order valence-corrected chi connectivity index (χ2v) is 11.6. The van der Waals surface area contributed by atoms with E-state index < -0.39 is 0 Å². The van der Waals surface area contributed by atoms with Gasteiger partial charge in [-0.3, -0.25) is 9.59 Å². The van der Waals surface area contributed by atoms with Gasteiger partial charge in [0.2, 0.25) is 11.8 Å². The predicted molar refractivity (Wildman–Crippen MR) is 155 cm³/mol. The van der Waals surface area contributed by atoms with E-state index >= 15 is 0 Å². The van der Waals surface area contributed by atoms with Crippen LogP contribution in [0.5, 0.6) is 0 Å². The molecule has 204 valence electrons. The molecule has 0 unspecified atom stereocenters. The standard InChI is InChI=1S/C32H39N5O2/c1-21(2)31(39)37(3)26-15-9-22(10-16-26)19-29(38)34-28-20-27(23-7-5-4-6-8-23)30(36-35-28)24-11-13-25(14-12-24)32(33)17-18-32/h4-8,11-14,20-22,26H,9-10,15-19,33H2,1-3H3,(H,34,35,38)/t22-,26-. The summed E-state index contributed by atoms with van der Waals surface area (Å²) in [6.07, 6.45) is 6.23. The largest absolute Gasteiger partial charge is 0.343 e. The zero-order valence-electron chi connectivity index (χ0n) is 23.2.